The average molecular weight is 340 g/mol. The fraction of sp³-hybridized carbons (Fsp3) is 0.562. The van der Waals surface area contributed by atoms with E-state index in [1.165, 1.54) is 19.5 Å². The van der Waals surface area contributed by atoms with E-state index in [0.717, 1.165) is 25.7 Å². The molecule has 0 heterocycles. The van der Waals surface area contributed by atoms with E-state index in [1.807, 2.05) is 0 Å². The number of carbonyl (C=O) groups is 1. The Kier molecular flexibility index (Phi) is 6.01. The van der Waals surface area contributed by atoms with Gasteiger partial charge in [-0.05, 0) is 43.5 Å². The average Bonchev–Trinajstić information content (AvgIpc) is 2.53. The van der Waals surface area contributed by atoms with Crippen LogP contribution < -0.4 is 14.8 Å². The van der Waals surface area contributed by atoms with E-state index in [1.54, 1.807) is 19.1 Å². The molecule has 23 heavy (non-hydrogen) atoms. The van der Waals surface area contributed by atoms with Crippen LogP contribution in [-0.2, 0) is 14.8 Å². The van der Waals surface area contributed by atoms with Crippen molar-refractivity contribution in [2.24, 2.45) is 0 Å². The molecule has 0 atom stereocenters. The fourth-order valence-corrected chi connectivity index (χ4v) is 4.06. The van der Waals surface area contributed by atoms with Crippen molar-refractivity contribution in [2.45, 2.75) is 50.0 Å². The first kappa shape index (κ1) is 17.7. The van der Waals surface area contributed by atoms with Crippen molar-refractivity contribution >= 4 is 15.9 Å². The van der Waals surface area contributed by atoms with Gasteiger partial charge >= 0.3 is 0 Å². The molecule has 0 radical (unpaired) electrons. The van der Waals surface area contributed by atoms with Crippen LogP contribution in [0.4, 0.5) is 0 Å². The number of benzene rings is 1. The first-order chi connectivity index (χ1) is 10.9. The Bertz CT molecular complexity index is 652. The van der Waals surface area contributed by atoms with Crippen molar-refractivity contribution in [3.05, 3.63) is 23.8 Å². The van der Waals surface area contributed by atoms with Crippen molar-refractivity contribution < 1.29 is 17.9 Å². The maximum absolute atomic E-state index is 12.5. The molecule has 1 aliphatic rings. The summed E-state index contributed by atoms with van der Waals surface area (Å²) >= 11 is 0. The number of carbonyl (C=O) groups excluding carboxylic acids is 1. The molecule has 2 N–H and O–H groups in total. The number of rotatable bonds is 6. The third-order valence-corrected chi connectivity index (χ3v) is 5.54. The number of aryl methyl sites for hydroxylation is 1. The van der Waals surface area contributed by atoms with Gasteiger partial charge < -0.3 is 10.1 Å². The molecule has 1 amide bonds. The van der Waals surface area contributed by atoms with Crippen LogP contribution in [0.5, 0.6) is 5.75 Å². The molecule has 0 spiro atoms. The summed E-state index contributed by atoms with van der Waals surface area (Å²) in [6, 6.07) is 4.70. The lowest BCUT2D eigenvalue weighted by atomic mass is 9.96. The number of likely N-dealkylation sites (N-methyl/N-ethyl adjacent to an activating group) is 1. The molecule has 0 bridgehead atoms. The van der Waals surface area contributed by atoms with E-state index >= 15 is 0 Å². The summed E-state index contributed by atoms with van der Waals surface area (Å²) in [5, 5.41) is 2.47. The Balaban J connectivity index is 2.07. The van der Waals surface area contributed by atoms with Gasteiger partial charge in [-0.15, -0.1) is 0 Å². The van der Waals surface area contributed by atoms with Gasteiger partial charge in [0.2, 0.25) is 10.0 Å². The highest BCUT2D eigenvalue weighted by Crippen LogP contribution is 2.24. The number of sulfonamides is 1. The van der Waals surface area contributed by atoms with Gasteiger partial charge in [0.15, 0.2) is 6.61 Å². The van der Waals surface area contributed by atoms with Crippen molar-refractivity contribution in [3.63, 3.8) is 0 Å². The molecule has 1 aromatic carbocycles. The zero-order valence-electron chi connectivity index (χ0n) is 13.6. The summed E-state index contributed by atoms with van der Waals surface area (Å²) in [4.78, 5) is 11.4. The molecule has 0 saturated heterocycles. The zero-order chi connectivity index (χ0) is 16.9. The van der Waals surface area contributed by atoms with Crippen LogP contribution in [0.15, 0.2) is 23.1 Å². The lowest BCUT2D eigenvalue weighted by molar-refractivity contribution is -0.122. The minimum atomic E-state index is -3.52. The second-order valence-corrected chi connectivity index (χ2v) is 7.56. The third-order valence-electron chi connectivity index (χ3n) is 4.02. The number of hydrogen-bond acceptors (Lipinski definition) is 4. The minimum Gasteiger partial charge on any atom is -0.484 e. The molecular weight excluding hydrogens is 316 g/mol. The van der Waals surface area contributed by atoms with Crippen molar-refractivity contribution in [1.82, 2.24) is 10.0 Å². The first-order valence-electron chi connectivity index (χ1n) is 7.89. The van der Waals surface area contributed by atoms with Crippen LogP contribution in [0, 0.1) is 6.92 Å². The van der Waals surface area contributed by atoms with E-state index in [9.17, 15) is 13.2 Å². The topological polar surface area (TPSA) is 84.5 Å². The summed E-state index contributed by atoms with van der Waals surface area (Å²) in [5.41, 5.74) is 0.681. The summed E-state index contributed by atoms with van der Waals surface area (Å²) in [6.45, 7) is 1.67. The molecular formula is C16H24N2O4S. The first-order valence-corrected chi connectivity index (χ1v) is 9.37. The van der Waals surface area contributed by atoms with Crippen LogP contribution >= 0.6 is 0 Å². The summed E-state index contributed by atoms with van der Waals surface area (Å²) < 4.78 is 33.1. The highest BCUT2D eigenvalue weighted by atomic mass is 32.2. The Morgan fingerprint density at radius 1 is 1.26 bits per heavy atom. The van der Waals surface area contributed by atoms with Gasteiger partial charge in [0.1, 0.15) is 5.75 Å². The second-order valence-electron chi connectivity index (χ2n) is 5.85. The number of ether oxygens (including phenoxy) is 1. The number of nitrogens with one attached hydrogen (secondary N) is 2. The molecule has 2 rings (SSSR count). The van der Waals surface area contributed by atoms with Gasteiger partial charge in [0.05, 0.1) is 4.90 Å². The summed E-state index contributed by atoms with van der Waals surface area (Å²) in [6.07, 6.45) is 5.10. The maximum atomic E-state index is 12.5. The zero-order valence-corrected chi connectivity index (χ0v) is 14.4. The lowest BCUT2D eigenvalue weighted by Crippen LogP contribution is -2.36. The van der Waals surface area contributed by atoms with Gasteiger partial charge in [-0.2, -0.15) is 0 Å². The van der Waals surface area contributed by atoms with Gasteiger partial charge in [-0.25, -0.2) is 13.1 Å². The highest BCUT2D eigenvalue weighted by Gasteiger charge is 2.22. The van der Waals surface area contributed by atoms with Crippen molar-refractivity contribution in [2.75, 3.05) is 13.7 Å². The quantitative estimate of drug-likeness (QED) is 0.826. The molecule has 7 heteroatoms. The molecule has 6 nitrogen and oxygen atoms in total. The molecule has 0 aliphatic heterocycles. The normalized spacial score (nSPS) is 16.1. The number of hydrogen-bond donors (Lipinski definition) is 2. The van der Waals surface area contributed by atoms with Crippen LogP contribution in [0.2, 0.25) is 0 Å². The smallest absolute Gasteiger partial charge is 0.257 e. The summed E-state index contributed by atoms with van der Waals surface area (Å²) in [7, 11) is -1.99. The molecule has 1 fully saturated rings. The van der Waals surface area contributed by atoms with E-state index in [4.69, 9.17) is 4.74 Å². The third kappa shape index (κ3) is 4.94. The van der Waals surface area contributed by atoms with Crippen molar-refractivity contribution in [1.29, 1.82) is 0 Å². The Morgan fingerprint density at radius 2 is 1.96 bits per heavy atom. The second kappa shape index (κ2) is 7.79. The van der Waals surface area contributed by atoms with Crippen molar-refractivity contribution in [3.8, 4) is 5.75 Å². The van der Waals surface area contributed by atoms with Crippen LogP contribution in [0.3, 0.4) is 0 Å². The SMILES string of the molecule is CNC(=O)COc1ccc(S(=O)(=O)NC2CCCCC2)cc1C. The monoisotopic (exact) mass is 340 g/mol. The summed E-state index contributed by atoms with van der Waals surface area (Å²) in [5.74, 6) is 0.269. The Labute approximate surface area is 137 Å². The molecule has 1 saturated carbocycles. The van der Waals surface area contributed by atoms with Gasteiger partial charge in [-0.1, -0.05) is 19.3 Å². The van der Waals surface area contributed by atoms with E-state index in [2.05, 4.69) is 10.0 Å². The number of amides is 1. The lowest BCUT2D eigenvalue weighted by Gasteiger charge is -2.22. The fourth-order valence-electron chi connectivity index (χ4n) is 2.67. The van der Waals surface area contributed by atoms with E-state index in [-0.39, 0.29) is 23.5 Å². The van der Waals surface area contributed by atoms with Gasteiger partial charge in [-0.3, -0.25) is 4.79 Å². The Morgan fingerprint density at radius 3 is 2.57 bits per heavy atom. The molecule has 0 aromatic heterocycles. The predicted molar refractivity (Wildman–Crippen MR) is 87.9 cm³/mol. The molecule has 0 unspecified atom stereocenters. The van der Waals surface area contributed by atoms with Gasteiger partial charge in [0.25, 0.3) is 5.91 Å². The van der Waals surface area contributed by atoms with Crippen LogP contribution in [0.1, 0.15) is 37.7 Å². The maximum Gasteiger partial charge on any atom is 0.257 e. The minimum absolute atomic E-state index is 0.0261. The molecule has 128 valence electrons. The van der Waals surface area contributed by atoms with E-state index in [0.29, 0.717) is 11.3 Å². The molecule has 1 aliphatic carbocycles. The van der Waals surface area contributed by atoms with E-state index < -0.39 is 10.0 Å². The molecule has 1 aromatic rings. The largest absolute Gasteiger partial charge is 0.484 e. The Hall–Kier alpha value is -1.60. The predicted octanol–water partition coefficient (Wildman–Crippen LogP) is 1.73. The standard InChI is InChI=1S/C16H24N2O4S/c1-12-10-14(8-9-15(12)22-11-16(19)17-2)23(20,21)18-13-6-4-3-5-7-13/h8-10,13,18H,3-7,11H2,1-2H3,(H,17,19). The van der Waals surface area contributed by atoms with Gasteiger partial charge in [0, 0.05) is 13.1 Å². The van der Waals surface area contributed by atoms with Crippen LogP contribution in [0.25, 0.3) is 0 Å². The van der Waals surface area contributed by atoms with Crippen LogP contribution in [-0.4, -0.2) is 34.0 Å². The highest BCUT2D eigenvalue weighted by molar-refractivity contribution is 7.89.